The van der Waals surface area contributed by atoms with Crippen LogP contribution in [0.15, 0.2) is 111 Å². The molecule has 3 aliphatic carbocycles. The first-order chi connectivity index (χ1) is 37.5. The zero-order chi connectivity index (χ0) is 61.4. The Morgan fingerprint density at radius 1 is 0.487 bits per heavy atom. The first-order valence-corrected chi connectivity index (χ1v) is 27.8. The van der Waals surface area contributed by atoms with Crippen molar-refractivity contribution in [2.45, 2.75) is 100 Å². The van der Waals surface area contributed by atoms with E-state index in [1.807, 2.05) is 20.8 Å². The van der Waals surface area contributed by atoms with E-state index in [9.17, 15) is 43.2 Å². The van der Waals surface area contributed by atoms with Gasteiger partial charge in [-0.05, 0) is 153 Å². The Kier molecular flexibility index (Phi) is 34.4. The zero-order valence-corrected chi connectivity index (χ0v) is 50.3. The molecule has 0 spiro atoms. The highest BCUT2D eigenvalue weighted by Gasteiger charge is 2.56. The number of fused-ring (bicyclic) bond motifs is 5. The Morgan fingerprint density at radius 2 is 0.863 bits per heavy atom. The van der Waals surface area contributed by atoms with Gasteiger partial charge in [-0.1, -0.05) is 66.1 Å². The lowest BCUT2D eigenvalue weighted by molar-refractivity contribution is -0.128. The molecule has 0 heterocycles. The summed E-state index contributed by atoms with van der Waals surface area (Å²) in [7, 11) is 3.47. The normalized spacial score (nSPS) is 17.8. The van der Waals surface area contributed by atoms with E-state index in [2.05, 4.69) is 85.8 Å². The van der Waals surface area contributed by atoms with Crippen molar-refractivity contribution in [2.24, 2.45) is 40.9 Å². The number of carbonyl (C=O) groups is 9. The lowest BCUT2D eigenvalue weighted by atomic mass is 9.73. The van der Waals surface area contributed by atoms with Crippen molar-refractivity contribution in [3.63, 3.8) is 0 Å². The molecule has 2 bridgehead atoms. The highest BCUT2D eigenvalue weighted by atomic mass is 16.2. The number of nitrogens with one attached hydrogen (secondary N) is 5. The van der Waals surface area contributed by atoms with Gasteiger partial charge in [0.2, 0.25) is 53.2 Å². The summed E-state index contributed by atoms with van der Waals surface area (Å²) in [5.74, 6) is 3.26. The minimum absolute atomic E-state index is 0.0566. The molecule has 0 aliphatic heterocycles. The molecule has 3 saturated carbocycles. The third kappa shape index (κ3) is 25.3. The van der Waals surface area contributed by atoms with Gasteiger partial charge >= 0.3 is 0 Å². The first kappa shape index (κ1) is 72.9. The summed E-state index contributed by atoms with van der Waals surface area (Å²) in [6.45, 7) is 52.3. The van der Waals surface area contributed by atoms with Gasteiger partial charge in [0, 0.05) is 119 Å². The quantitative estimate of drug-likeness (QED) is 0.0513. The standard InChI is InChI=1S/C18H29N3O3.C18H26N2O2.2C13H22N2O2/c1-8-18(9-19-15(22)12(2)3,10-20-16(23)13(4)5)11-21-17(24)14(6)7;1-3-16(21)19-9-11-5-6-14-15-8-12(18(11)14)7-13(15)10-20-17(22)4-2;1-10(2)12(16)14(5)8-7-9-15(6)13(17)11(3)4;1-5-12(16)14(7-3)10-9-11-15(8-4)13(17)6-2/h2,4,6,8-11H2,1,3,5,7H3,(H,19,22)(H,20,23)(H,21,24);3-4,11-15,18H,1-2,5-10H2,(H,19,21)(H,20,22);1,3,7-9H2,2,4-6H3;5-6H,1-2,7-11H2,3-4H3. The van der Waals surface area contributed by atoms with Gasteiger partial charge in [0.15, 0.2) is 0 Å². The number of hydrogen-bond donors (Lipinski definition) is 5. The fourth-order valence-corrected chi connectivity index (χ4v) is 10.3. The molecule has 5 N–H and O–H groups in total. The van der Waals surface area contributed by atoms with E-state index in [1.165, 1.54) is 50.0 Å². The molecule has 18 nitrogen and oxygen atoms in total. The second kappa shape index (κ2) is 37.7. The molecule has 80 heavy (non-hydrogen) atoms. The average Bonchev–Trinajstić information content (AvgIpc) is 4.23. The van der Waals surface area contributed by atoms with Crippen molar-refractivity contribution in [3.8, 4) is 0 Å². The maximum Gasteiger partial charge on any atom is 0.248 e. The molecule has 0 radical (unpaired) electrons. The monoisotopic (exact) mass is 1110 g/mol. The lowest BCUT2D eigenvalue weighted by Crippen LogP contribution is -2.51. The van der Waals surface area contributed by atoms with Crippen LogP contribution in [0.5, 0.6) is 0 Å². The van der Waals surface area contributed by atoms with Crippen molar-refractivity contribution in [3.05, 3.63) is 111 Å². The summed E-state index contributed by atoms with van der Waals surface area (Å²) in [5.41, 5.74) is 1.73. The number of carbonyl (C=O) groups excluding carboxylic acids is 9. The van der Waals surface area contributed by atoms with E-state index in [0.29, 0.717) is 105 Å². The molecule has 0 aromatic rings. The molecule has 6 unspecified atom stereocenters. The van der Waals surface area contributed by atoms with Crippen molar-refractivity contribution in [1.82, 2.24) is 46.2 Å². The van der Waals surface area contributed by atoms with Gasteiger partial charge < -0.3 is 46.2 Å². The lowest BCUT2D eigenvalue weighted by Gasteiger charge is -2.34. The van der Waals surface area contributed by atoms with Gasteiger partial charge in [-0.25, -0.2) is 0 Å². The smallest absolute Gasteiger partial charge is 0.248 e. The minimum atomic E-state index is -0.526. The largest absolute Gasteiger partial charge is 0.352 e. The molecular weight excluding hydrogens is 1010 g/mol. The SMILES string of the molecule is C=C(C)C(=O)N(C)CCCN(C)C(=O)C(=C)C.C=C(C)C(=O)NCC(CC)(CNC(=O)C(=C)C)CNC(=O)C(=C)C.C=CC(=O)N(CC)CCCN(CC)C(=O)C=C.C=CC(=O)NCC1CC2CC1C1CCC(CNC(=O)C=C)C21. The van der Waals surface area contributed by atoms with Crippen LogP contribution in [-0.4, -0.2) is 159 Å². The second-order valence-electron chi connectivity index (χ2n) is 21.3. The van der Waals surface area contributed by atoms with Crippen LogP contribution in [-0.2, 0) is 43.2 Å². The Hall–Kier alpha value is -7.11. The van der Waals surface area contributed by atoms with Crippen molar-refractivity contribution in [1.29, 1.82) is 0 Å². The van der Waals surface area contributed by atoms with E-state index in [4.69, 9.17) is 0 Å². The fraction of sp³-hybridized carbons (Fsp3) is 0.565. The highest BCUT2D eigenvalue weighted by molar-refractivity contribution is 5.94. The van der Waals surface area contributed by atoms with Crippen LogP contribution in [0.4, 0.5) is 0 Å². The third-order valence-corrected chi connectivity index (χ3v) is 15.0. The predicted octanol–water partition coefficient (Wildman–Crippen LogP) is 6.24. The molecule has 0 aromatic carbocycles. The topological polar surface area (TPSA) is 227 Å². The summed E-state index contributed by atoms with van der Waals surface area (Å²) in [5, 5.41) is 14.3. The van der Waals surface area contributed by atoms with E-state index >= 15 is 0 Å². The molecule has 3 fully saturated rings. The summed E-state index contributed by atoms with van der Waals surface area (Å²) >= 11 is 0. The van der Waals surface area contributed by atoms with Gasteiger partial charge in [0.25, 0.3) is 0 Å². The van der Waals surface area contributed by atoms with Crippen molar-refractivity contribution >= 4 is 53.2 Å². The van der Waals surface area contributed by atoms with Crippen LogP contribution < -0.4 is 26.6 Å². The van der Waals surface area contributed by atoms with E-state index < -0.39 is 5.41 Å². The molecule has 6 atom stereocenters. The molecule has 3 aliphatic rings. The third-order valence-electron chi connectivity index (χ3n) is 15.0. The van der Waals surface area contributed by atoms with Gasteiger partial charge in [-0.15, -0.1) is 0 Å². The van der Waals surface area contributed by atoms with Gasteiger partial charge in [0.1, 0.15) is 0 Å². The maximum absolute atomic E-state index is 11.8. The van der Waals surface area contributed by atoms with E-state index in [1.54, 1.807) is 68.3 Å². The molecule has 9 amide bonds. The molecule has 0 saturated heterocycles. The first-order valence-electron chi connectivity index (χ1n) is 27.8. The maximum atomic E-state index is 11.8. The van der Waals surface area contributed by atoms with Crippen LogP contribution >= 0.6 is 0 Å². The van der Waals surface area contributed by atoms with Crippen molar-refractivity contribution < 1.29 is 43.2 Å². The van der Waals surface area contributed by atoms with Gasteiger partial charge in [-0.2, -0.15) is 0 Å². The highest BCUT2D eigenvalue weighted by Crippen LogP contribution is 2.62. The second-order valence-corrected chi connectivity index (χ2v) is 21.3. The number of rotatable bonds is 30. The number of likely N-dealkylation sites (N-methyl/N-ethyl adjacent to an activating group) is 4. The fourth-order valence-electron chi connectivity index (χ4n) is 10.3. The van der Waals surface area contributed by atoms with Gasteiger partial charge in [-0.3, -0.25) is 43.2 Å². The number of nitrogens with zero attached hydrogens (tertiary/aromatic N) is 4. The minimum Gasteiger partial charge on any atom is -0.352 e. The van der Waals surface area contributed by atoms with Crippen LogP contribution in [0, 0.1) is 40.9 Å². The Morgan fingerprint density at radius 3 is 1.19 bits per heavy atom. The molecule has 0 aromatic heterocycles. The summed E-state index contributed by atoms with van der Waals surface area (Å²) in [4.78, 5) is 110. The van der Waals surface area contributed by atoms with E-state index in [-0.39, 0.29) is 53.2 Å². The Bertz CT molecular complexity index is 2140. The summed E-state index contributed by atoms with van der Waals surface area (Å²) in [6.07, 6.45) is 12.5. The summed E-state index contributed by atoms with van der Waals surface area (Å²) in [6, 6.07) is 0. The summed E-state index contributed by atoms with van der Waals surface area (Å²) < 4.78 is 0. The predicted molar refractivity (Wildman–Crippen MR) is 321 cm³/mol. The number of hydrogen-bond acceptors (Lipinski definition) is 9. The van der Waals surface area contributed by atoms with Crippen LogP contribution in [0.25, 0.3) is 0 Å². The van der Waals surface area contributed by atoms with Crippen molar-refractivity contribution in [2.75, 3.05) is 86.1 Å². The molecular formula is C62H99N9O9. The van der Waals surface area contributed by atoms with E-state index in [0.717, 1.165) is 49.6 Å². The van der Waals surface area contributed by atoms with Crippen LogP contribution in [0.2, 0.25) is 0 Å². The molecule has 3 rings (SSSR count). The average molecular weight is 1110 g/mol. The van der Waals surface area contributed by atoms with Crippen LogP contribution in [0.3, 0.4) is 0 Å². The Balaban J connectivity index is 0.00000105. The Labute approximate surface area is 479 Å². The molecule has 18 heteroatoms. The van der Waals surface area contributed by atoms with Crippen LogP contribution in [0.1, 0.15) is 100 Å². The zero-order valence-electron chi connectivity index (χ0n) is 50.3. The number of amides is 9. The van der Waals surface area contributed by atoms with Gasteiger partial charge in [0.05, 0.1) is 0 Å². The molecule has 446 valence electrons.